The number of carbonyl (C=O) groups is 5. The summed E-state index contributed by atoms with van der Waals surface area (Å²) >= 11 is 0. The number of hydrogen-bond donors (Lipinski definition) is 2. The van der Waals surface area contributed by atoms with Gasteiger partial charge in [0.15, 0.2) is 11.6 Å². The Kier molecular flexibility index (Phi) is 8.08. The van der Waals surface area contributed by atoms with Crippen LogP contribution in [0.5, 0.6) is 0 Å². The Labute approximate surface area is 208 Å². The minimum Gasteiger partial charge on any atom is -0.465 e. The number of amides is 1. The van der Waals surface area contributed by atoms with Crippen LogP contribution in [0.2, 0.25) is 0 Å². The van der Waals surface area contributed by atoms with Crippen molar-refractivity contribution in [1.29, 1.82) is 0 Å². The molecule has 0 fully saturated rings. The molecule has 10 heteroatoms. The summed E-state index contributed by atoms with van der Waals surface area (Å²) in [5.41, 5.74) is 9.63. The molecule has 2 aliphatic carbocycles. The number of esters is 2. The van der Waals surface area contributed by atoms with Crippen molar-refractivity contribution in [1.82, 2.24) is 0 Å². The molecule has 10 nitrogen and oxygen atoms in total. The zero-order valence-corrected chi connectivity index (χ0v) is 20.6. The van der Waals surface area contributed by atoms with E-state index in [1.165, 1.54) is 26.4 Å². The quantitative estimate of drug-likeness (QED) is 0.366. The molecule has 0 atom stereocenters. The van der Waals surface area contributed by atoms with Crippen LogP contribution >= 0.6 is 0 Å². The summed E-state index contributed by atoms with van der Waals surface area (Å²) in [6.07, 6.45) is 1.29. The zero-order valence-electron chi connectivity index (χ0n) is 20.6. The first-order valence-corrected chi connectivity index (χ1v) is 11.4. The number of nitrogen functional groups attached to an aromatic ring is 1. The number of ketones is 2. The van der Waals surface area contributed by atoms with Gasteiger partial charge in [-0.05, 0) is 62.1 Å². The number of fused-ring (bicyclic) bond motifs is 2. The summed E-state index contributed by atoms with van der Waals surface area (Å²) in [6, 6.07) is 6.33. The van der Waals surface area contributed by atoms with Gasteiger partial charge < -0.3 is 19.9 Å². The van der Waals surface area contributed by atoms with Crippen LogP contribution in [0.4, 0.5) is 16.2 Å². The standard InChI is InChI=1S/C15H17NO5.C11H11NO3/c1-8(2)21-15(19)16-12-6-9-4-5-13(17)10(9)7-11(12)14(18)20-3;1-15-11(14)8-5-7-6(4-9(8)12)2-3-10(7)13/h6-8H,4-5H2,1-3H3,(H,16,19);4-5H,2-3,12H2,1H3. The molecule has 0 heterocycles. The smallest absolute Gasteiger partial charge is 0.411 e. The summed E-state index contributed by atoms with van der Waals surface area (Å²) in [5.74, 6) is -1.06. The highest BCUT2D eigenvalue weighted by Gasteiger charge is 2.26. The van der Waals surface area contributed by atoms with E-state index in [0.29, 0.717) is 48.2 Å². The molecular weight excluding hydrogens is 468 g/mol. The van der Waals surface area contributed by atoms with Crippen LogP contribution in [-0.2, 0) is 27.1 Å². The third-order valence-corrected chi connectivity index (χ3v) is 5.75. The second-order valence-corrected chi connectivity index (χ2v) is 8.56. The van der Waals surface area contributed by atoms with E-state index in [2.05, 4.69) is 10.1 Å². The van der Waals surface area contributed by atoms with Crippen molar-refractivity contribution in [3.63, 3.8) is 0 Å². The molecule has 4 rings (SSSR count). The molecule has 1 amide bonds. The number of rotatable bonds is 4. The zero-order chi connectivity index (χ0) is 26.6. The third-order valence-electron chi connectivity index (χ3n) is 5.75. The highest BCUT2D eigenvalue weighted by Crippen LogP contribution is 2.29. The number of carbonyl (C=O) groups excluding carboxylic acids is 5. The Morgan fingerprint density at radius 2 is 1.31 bits per heavy atom. The van der Waals surface area contributed by atoms with E-state index in [-0.39, 0.29) is 28.8 Å². The second-order valence-electron chi connectivity index (χ2n) is 8.56. The van der Waals surface area contributed by atoms with Crippen LogP contribution in [0, 0.1) is 0 Å². The van der Waals surface area contributed by atoms with E-state index in [4.69, 9.17) is 15.2 Å². The minimum absolute atomic E-state index is 0.00791. The number of nitrogens with two attached hydrogens (primary N) is 1. The molecule has 0 aromatic heterocycles. The van der Waals surface area contributed by atoms with Gasteiger partial charge in [0.25, 0.3) is 0 Å². The first-order valence-electron chi connectivity index (χ1n) is 11.4. The monoisotopic (exact) mass is 496 g/mol. The molecule has 2 aromatic rings. The first-order chi connectivity index (χ1) is 17.0. The lowest BCUT2D eigenvalue weighted by Gasteiger charge is -2.13. The lowest BCUT2D eigenvalue weighted by Crippen LogP contribution is -2.20. The molecule has 0 radical (unpaired) electrons. The number of nitrogens with one attached hydrogen (secondary N) is 1. The maximum atomic E-state index is 11.8. The van der Waals surface area contributed by atoms with Gasteiger partial charge in [0.1, 0.15) is 0 Å². The molecule has 36 heavy (non-hydrogen) atoms. The summed E-state index contributed by atoms with van der Waals surface area (Å²) in [4.78, 5) is 58.0. The van der Waals surface area contributed by atoms with Gasteiger partial charge in [0, 0.05) is 29.7 Å². The summed E-state index contributed by atoms with van der Waals surface area (Å²) in [5, 5.41) is 2.53. The van der Waals surface area contributed by atoms with Crippen LogP contribution in [0.3, 0.4) is 0 Å². The number of anilines is 2. The molecule has 3 N–H and O–H groups in total. The summed E-state index contributed by atoms with van der Waals surface area (Å²) < 4.78 is 14.3. The molecule has 0 aliphatic heterocycles. The van der Waals surface area contributed by atoms with E-state index >= 15 is 0 Å². The largest absolute Gasteiger partial charge is 0.465 e. The van der Waals surface area contributed by atoms with Crippen molar-refractivity contribution in [2.75, 3.05) is 25.3 Å². The number of methoxy groups -OCH3 is 2. The fourth-order valence-corrected chi connectivity index (χ4v) is 4.03. The van der Waals surface area contributed by atoms with Gasteiger partial charge in [0.05, 0.1) is 37.1 Å². The van der Waals surface area contributed by atoms with Gasteiger partial charge in [-0.2, -0.15) is 0 Å². The van der Waals surface area contributed by atoms with Crippen molar-refractivity contribution in [3.05, 3.63) is 57.6 Å². The van der Waals surface area contributed by atoms with Gasteiger partial charge >= 0.3 is 18.0 Å². The average molecular weight is 497 g/mol. The number of aryl methyl sites for hydroxylation is 2. The summed E-state index contributed by atoms with van der Waals surface area (Å²) in [6.45, 7) is 3.45. The van der Waals surface area contributed by atoms with E-state index in [1.54, 1.807) is 26.0 Å². The molecule has 2 aliphatic rings. The van der Waals surface area contributed by atoms with Gasteiger partial charge in [-0.1, -0.05) is 0 Å². The van der Waals surface area contributed by atoms with Crippen LogP contribution in [0.25, 0.3) is 0 Å². The highest BCUT2D eigenvalue weighted by atomic mass is 16.6. The van der Waals surface area contributed by atoms with Crippen LogP contribution in [-0.4, -0.2) is 49.9 Å². The molecule has 190 valence electrons. The number of benzene rings is 2. The van der Waals surface area contributed by atoms with Crippen molar-refractivity contribution < 1.29 is 38.2 Å². The topological polar surface area (TPSA) is 151 Å². The highest BCUT2D eigenvalue weighted by molar-refractivity contribution is 6.07. The maximum absolute atomic E-state index is 11.8. The normalized spacial score (nSPS) is 13.4. The predicted octanol–water partition coefficient (Wildman–Crippen LogP) is 3.74. The van der Waals surface area contributed by atoms with Gasteiger partial charge in [-0.25, -0.2) is 14.4 Å². The fraction of sp³-hybridized carbons (Fsp3) is 0.346. The molecule has 0 saturated heterocycles. The van der Waals surface area contributed by atoms with Gasteiger partial charge in [-0.3, -0.25) is 14.9 Å². The Bertz CT molecular complexity index is 1250. The molecule has 0 spiro atoms. The van der Waals surface area contributed by atoms with E-state index in [1.807, 2.05) is 0 Å². The van der Waals surface area contributed by atoms with Gasteiger partial charge in [0.2, 0.25) is 0 Å². The maximum Gasteiger partial charge on any atom is 0.411 e. The molecule has 2 aromatic carbocycles. The van der Waals surface area contributed by atoms with E-state index in [9.17, 15) is 24.0 Å². The molecule has 0 saturated carbocycles. The Morgan fingerprint density at radius 1 is 0.806 bits per heavy atom. The second kappa shape index (κ2) is 11.0. The van der Waals surface area contributed by atoms with Crippen molar-refractivity contribution >= 4 is 41.0 Å². The number of ether oxygens (including phenoxy) is 3. The fourth-order valence-electron chi connectivity index (χ4n) is 4.03. The van der Waals surface area contributed by atoms with E-state index < -0.39 is 18.0 Å². The number of hydrogen-bond acceptors (Lipinski definition) is 9. The lowest BCUT2D eigenvalue weighted by molar-refractivity contribution is 0.0592. The minimum atomic E-state index is -0.653. The first kappa shape index (κ1) is 26.4. The Hall–Kier alpha value is -4.21. The van der Waals surface area contributed by atoms with Gasteiger partial charge in [-0.15, -0.1) is 0 Å². The third kappa shape index (κ3) is 5.70. The summed E-state index contributed by atoms with van der Waals surface area (Å²) in [7, 11) is 2.53. The molecule has 0 bridgehead atoms. The number of Topliss-reactive ketones (excluding diaryl/α,β-unsaturated/α-hetero) is 2. The van der Waals surface area contributed by atoms with E-state index in [0.717, 1.165) is 11.1 Å². The van der Waals surface area contributed by atoms with Crippen LogP contribution in [0.1, 0.15) is 79.2 Å². The van der Waals surface area contributed by atoms with Crippen molar-refractivity contribution in [3.8, 4) is 0 Å². The van der Waals surface area contributed by atoms with Crippen molar-refractivity contribution in [2.45, 2.75) is 45.6 Å². The average Bonchev–Trinajstić information content (AvgIpc) is 3.38. The molecular formula is C26H28N2O8. The van der Waals surface area contributed by atoms with Crippen LogP contribution in [0.15, 0.2) is 24.3 Å². The lowest BCUT2D eigenvalue weighted by atomic mass is 10.0. The Balaban J connectivity index is 0.000000212. The van der Waals surface area contributed by atoms with Crippen molar-refractivity contribution in [2.24, 2.45) is 0 Å². The predicted molar refractivity (Wildman–Crippen MR) is 131 cm³/mol. The molecule has 0 unspecified atom stereocenters. The SMILES string of the molecule is COC(=O)c1cc2c(cc1N)CCC2=O.COC(=O)c1cc2c(cc1NC(=O)OC(C)C)CCC2=O. The van der Waals surface area contributed by atoms with Crippen LogP contribution < -0.4 is 11.1 Å². The Morgan fingerprint density at radius 3 is 1.83 bits per heavy atom.